The summed E-state index contributed by atoms with van der Waals surface area (Å²) in [6, 6.07) is 13.9. The van der Waals surface area contributed by atoms with E-state index in [-0.39, 0.29) is 23.5 Å². The van der Waals surface area contributed by atoms with E-state index in [1.54, 1.807) is 41.4 Å². The number of benzene rings is 2. The van der Waals surface area contributed by atoms with Crippen LogP contribution in [0.4, 0.5) is 0 Å². The Morgan fingerprint density at radius 1 is 1.13 bits per heavy atom. The van der Waals surface area contributed by atoms with Gasteiger partial charge in [0.1, 0.15) is 24.7 Å². The summed E-state index contributed by atoms with van der Waals surface area (Å²) < 4.78 is 46.5. The second-order valence-electron chi connectivity index (χ2n) is 9.69. The van der Waals surface area contributed by atoms with Gasteiger partial charge in [-0.25, -0.2) is 8.42 Å². The minimum absolute atomic E-state index is 0.000796. The van der Waals surface area contributed by atoms with Crippen molar-refractivity contribution in [2.75, 3.05) is 13.1 Å². The first-order valence-corrected chi connectivity index (χ1v) is 13.9. The van der Waals surface area contributed by atoms with Crippen molar-refractivity contribution in [3.8, 4) is 11.5 Å². The Morgan fingerprint density at radius 3 is 2.58 bits per heavy atom. The Bertz CT molecular complexity index is 1520. The number of ether oxygens (including phenoxy) is 2. The van der Waals surface area contributed by atoms with E-state index >= 15 is 0 Å². The molecule has 0 amide bonds. The van der Waals surface area contributed by atoms with Crippen LogP contribution in [0.3, 0.4) is 0 Å². The molecule has 2 aromatic carbocycles. The quantitative estimate of drug-likeness (QED) is 0.307. The predicted octanol–water partition coefficient (Wildman–Crippen LogP) is 4.86. The second kappa shape index (κ2) is 10.5. The third kappa shape index (κ3) is 5.41. The summed E-state index contributed by atoms with van der Waals surface area (Å²) in [7, 11) is -3.68. The summed E-state index contributed by atoms with van der Waals surface area (Å²) in [5, 5.41) is 10.4. The van der Waals surface area contributed by atoms with Gasteiger partial charge < -0.3 is 23.6 Å². The number of aromatic nitrogens is 1. The Morgan fingerprint density at radius 2 is 1.89 bits per heavy atom. The zero-order valence-electron chi connectivity index (χ0n) is 21.2. The molecule has 9 nitrogen and oxygen atoms in total. The molecule has 1 fully saturated rings. The molecule has 0 saturated carbocycles. The molecule has 0 aliphatic carbocycles. The van der Waals surface area contributed by atoms with E-state index < -0.39 is 16.0 Å². The van der Waals surface area contributed by atoms with E-state index in [0.29, 0.717) is 37.6 Å². The van der Waals surface area contributed by atoms with Crippen molar-refractivity contribution in [2.45, 2.75) is 50.3 Å². The highest BCUT2D eigenvalue weighted by atomic mass is 32.2. The summed E-state index contributed by atoms with van der Waals surface area (Å²) in [6.45, 7) is 4.65. The maximum atomic E-state index is 13.4. The Labute approximate surface area is 221 Å². The normalized spacial score (nSPS) is 16.3. The largest absolute Gasteiger partial charge is 0.491 e. The number of aliphatic carboxylic acids is 1. The summed E-state index contributed by atoms with van der Waals surface area (Å²) in [6.07, 6.45) is 5.65. The molecule has 2 aromatic heterocycles. The molecule has 1 atom stereocenters. The van der Waals surface area contributed by atoms with Crippen LogP contribution < -0.4 is 9.47 Å². The summed E-state index contributed by atoms with van der Waals surface area (Å²) in [4.78, 5) is 11.8. The molecule has 4 aromatic rings. The molecule has 1 saturated heterocycles. The van der Waals surface area contributed by atoms with E-state index in [1.165, 1.54) is 4.31 Å². The molecule has 10 heteroatoms. The van der Waals surface area contributed by atoms with Crippen LogP contribution in [0.1, 0.15) is 37.3 Å². The van der Waals surface area contributed by atoms with Crippen LogP contribution in [0.25, 0.3) is 10.9 Å². The fourth-order valence-electron chi connectivity index (χ4n) is 4.85. The average molecular weight is 539 g/mol. The molecule has 0 spiro atoms. The van der Waals surface area contributed by atoms with Crippen molar-refractivity contribution in [2.24, 2.45) is 0 Å². The lowest BCUT2D eigenvalue weighted by molar-refractivity contribution is -0.137. The van der Waals surface area contributed by atoms with Gasteiger partial charge in [0, 0.05) is 42.2 Å². The van der Waals surface area contributed by atoms with Crippen LogP contribution in [0, 0.1) is 0 Å². The van der Waals surface area contributed by atoms with Crippen molar-refractivity contribution in [1.29, 1.82) is 0 Å². The van der Waals surface area contributed by atoms with E-state index in [2.05, 4.69) is 0 Å². The number of fused-ring (bicyclic) bond motifs is 1. The highest BCUT2D eigenvalue weighted by Crippen LogP contribution is 2.37. The van der Waals surface area contributed by atoms with Gasteiger partial charge in [-0.15, -0.1) is 0 Å². The minimum atomic E-state index is -3.68. The lowest BCUT2D eigenvalue weighted by atomic mass is 9.98. The Balaban J connectivity index is 1.38. The molecule has 38 heavy (non-hydrogen) atoms. The summed E-state index contributed by atoms with van der Waals surface area (Å²) in [5.41, 5.74) is 2.55. The van der Waals surface area contributed by atoms with Crippen LogP contribution in [-0.2, 0) is 28.0 Å². The lowest BCUT2D eigenvalue weighted by Gasteiger charge is -2.17. The zero-order chi connectivity index (χ0) is 26.9. The first-order valence-electron chi connectivity index (χ1n) is 12.5. The Kier molecular flexibility index (Phi) is 7.18. The molecule has 3 heterocycles. The smallest absolute Gasteiger partial charge is 0.323 e. The molecule has 1 unspecified atom stereocenters. The molecular weight excluding hydrogens is 508 g/mol. The van der Waals surface area contributed by atoms with E-state index in [4.69, 9.17) is 13.9 Å². The highest BCUT2D eigenvalue weighted by molar-refractivity contribution is 7.89. The van der Waals surface area contributed by atoms with Gasteiger partial charge >= 0.3 is 5.97 Å². The highest BCUT2D eigenvalue weighted by Gasteiger charge is 2.34. The Hall–Kier alpha value is -3.76. The van der Waals surface area contributed by atoms with Crippen LogP contribution in [-0.4, -0.2) is 47.6 Å². The van der Waals surface area contributed by atoms with Gasteiger partial charge in [0.05, 0.1) is 29.0 Å². The average Bonchev–Trinajstić information content (AvgIpc) is 3.63. The van der Waals surface area contributed by atoms with Gasteiger partial charge in [0.25, 0.3) is 0 Å². The second-order valence-corrected chi connectivity index (χ2v) is 11.6. The molecule has 1 N–H and O–H groups in total. The van der Waals surface area contributed by atoms with E-state index in [1.807, 2.05) is 44.3 Å². The number of sulfonamides is 1. The fourth-order valence-corrected chi connectivity index (χ4v) is 6.35. The topological polar surface area (TPSA) is 111 Å². The summed E-state index contributed by atoms with van der Waals surface area (Å²) in [5.74, 6) is 0.204. The maximum Gasteiger partial charge on any atom is 0.323 e. The van der Waals surface area contributed by atoms with Crippen LogP contribution >= 0.6 is 0 Å². The van der Waals surface area contributed by atoms with Crippen molar-refractivity contribution in [3.05, 3.63) is 78.4 Å². The third-order valence-electron chi connectivity index (χ3n) is 6.60. The standard InChI is InChI=1S/C28H30N2O7S/c1-19(2)37-22-3-6-24(7-4-22)38(33,34)30-11-9-21(14-30)26-15-29(16-28(31)32)27-13-23(5-8-25(26)27)36-18-20-10-12-35-17-20/h3-8,10,12-13,15,17,19,21H,9,11,14,16,18H2,1-2H3,(H,31,32). The van der Waals surface area contributed by atoms with Crippen molar-refractivity contribution >= 4 is 26.9 Å². The first kappa shape index (κ1) is 25.9. The van der Waals surface area contributed by atoms with Crippen molar-refractivity contribution in [1.82, 2.24) is 8.87 Å². The van der Waals surface area contributed by atoms with Crippen LogP contribution in [0.5, 0.6) is 11.5 Å². The zero-order valence-corrected chi connectivity index (χ0v) is 22.1. The van der Waals surface area contributed by atoms with Gasteiger partial charge in [0.2, 0.25) is 10.0 Å². The van der Waals surface area contributed by atoms with Gasteiger partial charge in [0.15, 0.2) is 0 Å². The number of carbonyl (C=O) groups is 1. The van der Waals surface area contributed by atoms with Gasteiger partial charge in [-0.3, -0.25) is 4.79 Å². The minimum Gasteiger partial charge on any atom is -0.491 e. The van der Waals surface area contributed by atoms with Crippen molar-refractivity contribution in [3.63, 3.8) is 0 Å². The molecule has 5 rings (SSSR count). The number of hydrogen-bond donors (Lipinski definition) is 1. The molecule has 0 bridgehead atoms. The number of nitrogens with zero attached hydrogens (tertiary/aromatic N) is 2. The molecule has 1 aliphatic rings. The maximum absolute atomic E-state index is 13.4. The third-order valence-corrected chi connectivity index (χ3v) is 8.48. The van der Waals surface area contributed by atoms with Crippen LogP contribution in [0.15, 0.2) is 76.6 Å². The van der Waals surface area contributed by atoms with E-state index in [0.717, 1.165) is 22.0 Å². The van der Waals surface area contributed by atoms with Gasteiger partial charge in [-0.1, -0.05) is 0 Å². The SMILES string of the molecule is CC(C)Oc1ccc(S(=O)(=O)N2CCC(c3cn(CC(=O)O)c4cc(OCc5ccoc5)ccc34)C2)cc1. The lowest BCUT2D eigenvalue weighted by Crippen LogP contribution is -2.28. The predicted molar refractivity (Wildman–Crippen MR) is 141 cm³/mol. The molecule has 200 valence electrons. The van der Waals surface area contributed by atoms with E-state index in [9.17, 15) is 18.3 Å². The number of hydrogen-bond acceptors (Lipinski definition) is 6. The monoisotopic (exact) mass is 538 g/mol. The number of carboxylic acid groups (broad SMARTS) is 1. The van der Waals surface area contributed by atoms with Gasteiger partial charge in [-0.05, 0) is 68.3 Å². The first-order chi connectivity index (χ1) is 18.2. The summed E-state index contributed by atoms with van der Waals surface area (Å²) >= 11 is 0. The number of rotatable bonds is 10. The number of furan rings is 1. The number of carboxylic acids is 1. The molecule has 0 radical (unpaired) electrons. The fraction of sp³-hybridized carbons (Fsp3) is 0.321. The van der Waals surface area contributed by atoms with Crippen LogP contribution in [0.2, 0.25) is 0 Å². The van der Waals surface area contributed by atoms with Crippen molar-refractivity contribution < 1.29 is 32.2 Å². The molecular formula is C28H30N2O7S. The van der Waals surface area contributed by atoms with Gasteiger partial charge in [-0.2, -0.15) is 4.31 Å². The molecule has 1 aliphatic heterocycles.